The Hall–Kier alpha value is -2.82. The van der Waals surface area contributed by atoms with Gasteiger partial charge in [0.1, 0.15) is 11.3 Å². The standard InChI is InChI=1S/C21H25NO4/c1-4-16(17-10-6-5-7-11-17)13-22-20(24)15(3)26-21(25)18-12-8-9-14(2)19(18)23/h5-12,15-16,23H,4,13H2,1-3H3,(H,22,24)/t15-,16-/m0/s1. The molecule has 0 saturated carbocycles. The summed E-state index contributed by atoms with van der Waals surface area (Å²) < 4.78 is 5.19. The Morgan fingerprint density at radius 3 is 2.46 bits per heavy atom. The zero-order chi connectivity index (χ0) is 19.1. The molecule has 2 atom stereocenters. The predicted molar refractivity (Wildman–Crippen MR) is 100 cm³/mol. The van der Waals surface area contributed by atoms with Gasteiger partial charge in [0.15, 0.2) is 6.10 Å². The van der Waals surface area contributed by atoms with Gasteiger partial charge in [0.25, 0.3) is 5.91 Å². The van der Waals surface area contributed by atoms with Gasteiger partial charge in [0.2, 0.25) is 0 Å². The Balaban J connectivity index is 1.93. The number of aromatic hydroxyl groups is 1. The summed E-state index contributed by atoms with van der Waals surface area (Å²) in [5.74, 6) is -1.01. The maximum Gasteiger partial charge on any atom is 0.342 e. The number of rotatable bonds is 7. The molecule has 0 radical (unpaired) electrons. The fraction of sp³-hybridized carbons (Fsp3) is 0.333. The lowest BCUT2D eigenvalue weighted by Crippen LogP contribution is -2.38. The van der Waals surface area contributed by atoms with Crippen molar-refractivity contribution in [2.75, 3.05) is 6.54 Å². The van der Waals surface area contributed by atoms with E-state index in [1.165, 1.54) is 13.0 Å². The van der Waals surface area contributed by atoms with Gasteiger partial charge in [0.05, 0.1) is 0 Å². The number of hydrogen-bond donors (Lipinski definition) is 2. The Morgan fingerprint density at radius 1 is 1.12 bits per heavy atom. The number of nitrogens with one attached hydrogen (secondary N) is 1. The molecule has 0 bridgehead atoms. The molecule has 0 aliphatic carbocycles. The fourth-order valence-electron chi connectivity index (χ4n) is 2.69. The number of benzene rings is 2. The number of carbonyl (C=O) groups excluding carboxylic acids is 2. The van der Waals surface area contributed by atoms with Crippen LogP contribution in [-0.2, 0) is 9.53 Å². The smallest absolute Gasteiger partial charge is 0.342 e. The van der Waals surface area contributed by atoms with Gasteiger partial charge in [0, 0.05) is 12.5 Å². The summed E-state index contributed by atoms with van der Waals surface area (Å²) in [5.41, 5.74) is 1.79. The molecule has 0 aromatic heterocycles. The van der Waals surface area contributed by atoms with Gasteiger partial charge in [-0.2, -0.15) is 0 Å². The molecule has 2 rings (SSSR count). The van der Waals surface area contributed by atoms with Crippen molar-refractivity contribution < 1.29 is 19.4 Å². The summed E-state index contributed by atoms with van der Waals surface area (Å²) in [6.07, 6.45) is -0.0639. The van der Waals surface area contributed by atoms with E-state index in [0.717, 1.165) is 12.0 Å². The molecule has 0 aliphatic rings. The summed E-state index contributed by atoms with van der Waals surface area (Å²) in [5, 5.41) is 12.8. The molecular weight excluding hydrogens is 330 g/mol. The molecule has 2 N–H and O–H groups in total. The van der Waals surface area contributed by atoms with Crippen LogP contribution in [0.25, 0.3) is 0 Å². The molecule has 0 fully saturated rings. The second-order valence-corrected chi connectivity index (χ2v) is 6.28. The SMILES string of the molecule is CC[C@@H](CNC(=O)[C@H](C)OC(=O)c1cccc(C)c1O)c1ccccc1. The molecule has 1 amide bonds. The van der Waals surface area contributed by atoms with Crippen molar-refractivity contribution in [3.63, 3.8) is 0 Å². The van der Waals surface area contributed by atoms with Crippen LogP contribution in [0.15, 0.2) is 48.5 Å². The van der Waals surface area contributed by atoms with Gasteiger partial charge in [-0.1, -0.05) is 49.4 Å². The van der Waals surface area contributed by atoms with Crippen LogP contribution in [0.2, 0.25) is 0 Å². The minimum absolute atomic E-state index is 0.0559. The van der Waals surface area contributed by atoms with Crippen LogP contribution in [0.4, 0.5) is 0 Å². The van der Waals surface area contributed by atoms with E-state index in [0.29, 0.717) is 12.1 Å². The highest BCUT2D eigenvalue weighted by atomic mass is 16.5. The number of amides is 1. The van der Waals surface area contributed by atoms with Crippen LogP contribution >= 0.6 is 0 Å². The third kappa shape index (κ3) is 4.85. The number of hydrogen-bond acceptors (Lipinski definition) is 4. The second kappa shape index (κ2) is 9.04. The molecule has 0 saturated heterocycles. The Bertz CT molecular complexity index is 758. The molecule has 5 heteroatoms. The minimum Gasteiger partial charge on any atom is -0.507 e. The van der Waals surface area contributed by atoms with Crippen LogP contribution in [0.1, 0.15) is 47.7 Å². The van der Waals surface area contributed by atoms with Gasteiger partial charge in [-0.05, 0) is 37.5 Å². The highest BCUT2D eigenvalue weighted by Gasteiger charge is 2.22. The Morgan fingerprint density at radius 2 is 1.81 bits per heavy atom. The normalized spacial score (nSPS) is 12.9. The number of esters is 1. The van der Waals surface area contributed by atoms with Gasteiger partial charge in [-0.15, -0.1) is 0 Å². The quantitative estimate of drug-likeness (QED) is 0.745. The highest BCUT2D eigenvalue weighted by Crippen LogP contribution is 2.22. The third-order valence-corrected chi connectivity index (χ3v) is 4.40. The number of phenolic OH excluding ortho intramolecular Hbond substituents is 1. The van der Waals surface area contributed by atoms with E-state index in [1.807, 2.05) is 30.3 Å². The van der Waals surface area contributed by atoms with E-state index >= 15 is 0 Å². The maximum absolute atomic E-state index is 12.3. The van der Waals surface area contributed by atoms with E-state index in [-0.39, 0.29) is 23.1 Å². The molecule has 138 valence electrons. The largest absolute Gasteiger partial charge is 0.507 e. The van der Waals surface area contributed by atoms with Crippen molar-refractivity contribution in [1.82, 2.24) is 5.32 Å². The third-order valence-electron chi connectivity index (χ3n) is 4.40. The maximum atomic E-state index is 12.3. The summed E-state index contributed by atoms with van der Waals surface area (Å²) in [7, 11) is 0. The van der Waals surface area contributed by atoms with Gasteiger partial charge < -0.3 is 15.2 Å². The molecule has 2 aromatic rings. The number of para-hydroxylation sites is 1. The van der Waals surface area contributed by atoms with Crippen molar-refractivity contribution in [3.05, 3.63) is 65.2 Å². The minimum atomic E-state index is -0.948. The lowest BCUT2D eigenvalue weighted by Gasteiger charge is -2.19. The van der Waals surface area contributed by atoms with E-state index in [9.17, 15) is 14.7 Å². The fourth-order valence-corrected chi connectivity index (χ4v) is 2.69. The molecule has 0 unspecified atom stereocenters. The number of aryl methyl sites for hydroxylation is 1. The lowest BCUT2D eigenvalue weighted by molar-refractivity contribution is -0.129. The van der Waals surface area contributed by atoms with E-state index < -0.39 is 12.1 Å². The summed E-state index contributed by atoms with van der Waals surface area (Å²) in [6, 6.07) is 14.8. The van der Waals surface area contributed by atoms with Crippen molar-refractivity contribution >= 4 is 11.9 Å². The Labute approximate surface area is 154 Å². The average molecular weight is 355 g/mol. The van der Waals surface area contributed by atoms with Crippen molar-refractivity contribution in [3.8, 4) is 5.75 Å². The molecule has 5 nitrogen and oxygen atoms in total. The van der Waals surface area contributed by atoms with Crippen LogP contribution in [0.3, 0.4) is 0 Å². The Kier molecular flexibility index (Phi) is 6.78. The second-order valence-electron chi connectivity index (χ2n) is 6.28. The summed E-state index contributed by atoms with van der Waals surface area (Å²) >= 11 is 0. The van der Waals surface area contributed by atoms with E-state index in [2.05, 4.69) is 12.2 Å². The molecule has 2 aromatic carbocycles. The molecule has 0 heterocycles. The zero-order valence-electron chi connectivity index (χ0n) is 15.4. The number of carbonyl (C=O) groups is 2. The van der Waals surface area contributed by atoms with Crippen LogP contribution < -0.4 is 5.32 Å². The number of phenols is 1. The van der Waals surface area contributed by atoms with Crippen LogP contribution in [-0.4, -0.2) is 29.6 Å². The zero-order valence-corrected chi connectivity index (χ0v) is 15.4. The first kappa shape index (κ1) is 19.5. The molecular formula is C21H25NO4. The van der Waals surface area contributed by atoms with Crippen LogP contribution in [0, 0.1) is 6.92 Å². The summed E-state index contributed by atoms with van der Waals surface area (Å²) in [6.45, 7) is 5.74. The van der Waals surface area contributed by atoms with E-state index in [1.54, 1.807) is 19.1 Å². The first-order valence-electron chi connectivity index (χ1n) is 8.76. The van der Waals surface area contributed by atoms with Gasteiger partial charge >= 0.3 is 5.97 Å². The molecule has 0 aliphatic heterocycles. The van der Waals surface area contributed by atoms with Crippen molar-refractivity contribution in [2.24, 2.45) is 0 Å². The van der Waals surface area contributed by atoms with Crippen LogP contribution in [0.5, 0.6) is 5.75 Å². The summed E-state index contributed by atoms with van der Waals surface area (Å²) in [4.78, 5) is 24.4. The monoisotopic (exact) mass is 355 g/mol. The predicted octanol–water partition coefficient (Wildman–Crippen LogP) is 3.56. The molecule has 26 heavy (non-hydrogen) atoms. The van der Waals surface area contributed by atoms with Gasteiger partial charge in [-0.3, -0.25) is 4.79 Å². The number of ether oxygens (including phenoxy) is 1. The molecule has 0 spiro atoms. The topological polar surface area (TPSA) is 75.6 Å². The lowest BCUT2D eigenvalue weighted by atomic mass is 9.96. The highest BCUT2D eigenvalue weighted by molar-refractivity contribution is 5.94. The van der Waals surface area contributed by atoms with Crippen molar-refractivity contribution in [1.29, 1.82) is 0 Å². The van der Waals surface area contributed by atoms with E-state index in [4.69, 9.17) is 4.74 Å². The van der Waals surface area contributed by atoms with Gasteiger partial charge in [-0.25, -0.2) is 4.79 Å². The first-order chi connectivity index (χ1) is 12.4. The van der Waals surface area contributed by atoms with Crippen molar-refractivity contribution in [2.45, 2.75) is 39.2 Å². The average Bonchev–Trinajstić information content (AvgIpc) is 2.65. The first-order valence-corrected chi connectivity index (χ1v) is 8.76.